The third kappa shape index (κ3) is 1.83. The molecular formula is C8H8N2O5S. The maximum absolute atomic E-state index is 11.4. The number of thioether (sulfide) groups is 1. The van der Waals surface area contributed by atoms with Gasteiger partial charge in [-0.15, -0.1) is 11.8 Å². The second-order valence-corrected chi connectivity index (χ2v) is 4.13. The molecule has 2 heterocycles. The minimum atomic E-state index is -1.03. The minimum absolute atomic E-state index is 0.00658. The number of hydrogen-bond acceptors (Lipinski definition) is 6. The molecule has 0 aromatic rings. The maximum atomic E-state index is 11.4. The summed E-state index contributed by atoms with van der Waals surface area (Å²) in [5.74, 6) is -0.821. The molecule has 16 heavy (non-hydrogen) atoms. The van der Waals surface area contributed by atoms with Crippen molar-refractivity contribution in [3.8, 4) is 0 Å². The molecule has 2 aliphatic rings. The molecule has 2 N–H and O–H groups in total. The number of esters is 1. The van der Waals surface area contributed by atoms with E-state index in [9.17, 15) is 14.4 Å². The zero-order chi connectivity index (χ0) is 11.7. The van der Waals surface area contributed by atoms with Crippen molar-refractivity contribution in [1.29, 1.82) is 0 Å². The average molecular weight is 244 g/mol. The van der Waals surface area contributed by atoms with Gasteiger partial charge < -0.3 is 15.2 Å². The van der Waals surface area contributed by atoms with E-state index in [4.69, 9.17) is 0 Å². The highest BCUT2D eigenvalue weighted by molar-refractivity contribution is 8.03. The summed E-state index contributed by atoms with van der Waals surface area (Å²) in [5.41, 5.74) is 4.86. The highest BCUT2D eigenvalue weighted by Gasteiger charge is 2.45. The summed E-state index contributed by atoms with van der Waals surface area (Å²) in [4.78, 5) is 34.2. The number of amides is 2. The number of rotatable bonds is 3. The van der Waals surface area contributed by atoms with E-state index in [1.807, 2.05) is 0 Å². The molecule has 86 valence electrons. The van der Waals surface area contributed by atoms with Crippen LogP contribution in [0.1, 0.15) is 6.42 Å². The van der Waals surface area contributed by atoms with Gasteiger partial charge >= 0.3 is 12.1 Å². The molecule has 2 amide bonds. The van der Waals surface area contributed by atoms with Gasteiger partial charge in [-0.3, -0.25) is 9.69 Å². The van der Waals surface area contributed by atoms with Gasteiger partial charge in [0, 0.05) is 5.41 Å². The number of ether oxygens (including phenoxy) is 2. The predicted octanol–water partition coefficient (Wildman–Crippen LogP) is -0.271. The first-order valence-electron chi connectivity index (χ1n) is 4.36. The van der Waals surface area contributed by atoms with E-state index >= 15 is 0 Å². The average Bonchev–Trinajstić information content (AvgIpc) is 2.54. The molecule has 0 aromatic carbocycles. The van der Waals surface area contributed by atoms with Crippen molar-refractivity contribution in [2.75, 3.05) is 6.79 Å². The Morgan fingerprint density at radius 2 is 2.31 bits per heavy atom. The zero-order valence-electron chi connectivity index (χ0n) is 8.04. The minimum Gasteiger partial charge on any atom is -0.423 e. The predicted molar refractivity (Wildman–Crippen MR) is 52.6 cm³/mol. The standard InChI is InChI=1S/C8H8N2O5S/c9-8(13)15-3-14-7(12)4-2-16-6-1-5(11)10(4)6/h2,6H,1,3H2,(H2,9,13)/t6-/m1/s1. The van der Waals surface area contributed by atoms with Crippen LogP contribution in [-0.2, 0) is 19.1 Å². The normalized spacial score (nSPS) is 22.0. The molecule has 2 aliphatic heterocycles. The Hall–Kier alpha value is -1.70. The summed E-state index contributed by atoms with van der Waals surface area (Å²) in [7, 11) is 0. The number of β-lactam (4-membered cyclic amide) rings is 1. The molecule has 0 saturated carbocycles. The number of fused-ring (bicyclic) bond motifs is 1. The first-order chi connectivity index (χ1) is 7.59. The second-order valence-electron chi connectivity index (χ2n) is 3.07. The number of nitrogens with two attached hydrogens (primary N) is 1. The Morgan fingerprint density at radius 3 is 2.94 bits per heavy atom. The Morgan fingerprint density at radius 1 is 1.56 bits per heavy atom. The Kier molecular flexibility index (Phi) is 2.73. The van der Waals surface area contributed by atoms with Crippen molar-refractivity contribution in [2.45, 2.75) is 11.8 Å². The lowest BCUT2D eigenvalue weighted by Crippen LogP contribution is -2.48. The van der Waals surface area contributed by atoms with E-state index in [-0.39, 0.29) is 17.0 Å². The quantitative estimate of drug-likeness (QED) is 0.417. The lowest BCUT2D eigenvalue weighted by atomic mass is 10.2. The molecule has 0 spiro atoms. The van der Waals surface area contributed by atoms with Crippen molar-refractivity contribution in [3.05, 3.63) is 11.1 Å². The summed E-state index contributed by atoms with van der Waals surface area (Å²) >= 11 is 1.38. The van der Waals surface area contributed by atoms with Crippen LogP contribution in [0.3, 0.4) is 0 Å². The highest BCUT2D eigenvalue weighted by Crippen LogP contribution is 2.40. The van der Waals surface area contributed by atoms with Crippen molar-refractivity contribution in [1.82, 2.24) is 4.90 Å². The van der Waals surface area contributed by atoms with E-state index < -0.39 is 18.9 Å². The molecule has 0 bridgehead atoms. The highest BCUT2D eigenvalue weighted by atomic mass is 32.2. The molecule has 8 heteroatoms. The lowest BCUT2D eigenvalue weighted by Gasteiger charge is -2.34. The van der Waals surface area contributed by atoms with Gasteiger partial charge in [0.2, 0.25) is 12.7 Å². The molecular weight excluding hydrogens is 236 g/mol. The molecule has 0 aromatic heterocycles. The monoisotopic (exact) mass is 244 g/mol. The van der Waals surface area contributed by atoms with Crippen LogP contribution in [0.15, 0.2) is 11.1 Å². The molecule has 0 aliphatic carbocycles. The molecule has 0 radical (unpaired) electrons. The second kappa shape index (κ2) is 4.05. The molecule has 1 saturated heterocycles. The van der Waals surface area contributed by atoms with Crippen LogP contribution < -0.4 is 5.73 Å². The van der Waals surface area contributed by atoms with E-state index in [1.165, 1.54) is 16.7 Å². The van der Waals surface area contributed by atoms with Crippen LogP contribution in [0.4, 0.5) is 4.79 Å². The third-order valence-electron chi connectivity index (χ3n) is 2.10. The van der Waals surface area contributed by atoms with Crippen LogP contribution in [-0.4, -0.2) is 35.0 Å². The number of carbonyl (C=O) groups excluding carboxylic acids is 3. The Bertz CT molecular complexity index is 394. The zero-order valence-corrected chi connectivity index (χ0v) is 8.86. The number of primary amides is 1. The molecule has 0 unspecified atom stereocenters. The third-order valence-corrected chi connectivity index (χ3v) is 3.15. The van der Waals surface area contributed by atoms with Crippen molar-refractivity contribution < 1.29 is 23.9 Å². The van der Waals surface area contributed by atoms with Gasteiger partial charge in [-0.05, 0) is 0 Å². The summed E-state index contributed by atoms with van der Waals surface area (Å²) in [6.07, 6.45) is -0.601. The summed E-state index contributed by atoms with van der Waals surface area (Å²) in [6.45, 7) is -0.553. The summed E-state index contributed by atoms with van der Waals surface area (Å²) in [5, 5.41) is 1.56. The van der Waals surface area contributed by atoms with E-state index in [0.717, 1.165) is 0 Å². The number of carbonyl (C=O) groups is 3. The SMILES string of the molecule is NC(=O)OCOC(=O)C1=CS[C@@H]2CC(=O)N12. The molecule has 1 fully saturated rings. The lowest BCUT2D eigenvalue weighted by molar-refractivity contribution is -0.154. The van der Waals surface area contributed by atoms with Crippen molar-refractivity contribution in [3.63, 3.8) is 0 Å². The maximum Gasteiger partial charge on any atom is 0.407 e. The Labute approximate surface area is 94.5 Å². The van der Waals surface area contributed by atoms with Crippen molar-refractivity contribution >= 4 is 29.7 Å². The van der Waals surface area contributed by atoms with Crippen LogP contribution in [0.2, 0.25) is 0 Å². The molecule has 1 atom stereocenters. The smallest absolute Gasteiger partial charge is 0.407 e. The van der Waals surface area contributed by atoms with E-state index in [0.29, 0.717) is 6.42 Å². The molecule has 2 rings (SSSR count). The van der Waals surface area contributed by atoms with E-state index in [2.05, 4.69) is 15.2 Å². The van der Waals surface area contributed by atoms with Gasteiger partial charge in [-0.2, -0.15) is 0 Å². The van der Waals surface area contributed by atoms with Crippen LogP contribution in [0, 0.1) is 0 Å². The number of hydrogen-bond donors (Lipinski definition) is 1. The van der Waals surface area contributed by atoms with Crippen LogP contribution in [0.25, 0.3) is 0 Å². The van der Waals surface area contributed by atoms with E-state index in [1.54, 1.807) is 5.41 Å². The fourth-order valence-electron chi connectivity index (χ4n) is 1.35. The van der Waals surface area contributed by atoms with Gasteiger partial charge in [-0.1, -0.05) is 0 Å². The molecule has 7 nitrogen and oxygen atoms in total. The van der Waals surface area contributed by atoms with Gasteiger partial charge in [0.05, 0.1) is 11.8 Å². The van der Waals surface area contributed by atoms with Crippen LogP contribution >= 0.6 is 11.8 Å². The Balaban J connectivity index is 1.86. The van der Waals surface area contributed by atoms with Gasteiger partial charge in [0.15, 0.2) is 0 Å². The fraction of sp³-hybridized carbons (Fsp3) is 0.375. The van der Waals surface area contributed by atoms with Crippen LogP contribution in [0.5, 0.6) is 0 Å². The first kappa shape index (κ1) is 10.8. The first-order valence-corrected chi connectivity index (χ1v) is 5.31. The van der Waals surface area contributed by atoms with Gasteiger partial charge in [0.25, 0.3) is 0 Å². The fourth-order valence-corrected chi connectivity index (χ4v) is 2.43. The number of nitrogens with zero attached hydrogens (tertiary/aromatic N) is 1. The van der Waals surface area contributed by atoms with Gasteiger partial charge in [0.1, 0.15) is 5.70 Å². The topological polar surface area (TPSA) is 98.9 Å². The summed E-state index contributed by atoms with van der Waals surface area (Å²) in [6, 6.07) is 0. The van der Waals surface area contributed by atoms with Crippen molar-refractivity contribution in [2.24, 2.45) is 5.73 Å². The largest absolute Gasteiger partial charge is 0.423 e. The summed E-state index contributed by atoms with van der Waals surface area (Å²) < 4.78 is 8.84. The van der Waals surface area contributed by atoms with Gasteiger partial charge in [-0.25, -0.2) is 9.59 Å².